The molecule has 0 aliphatic rings. The largest absolute Gasteiger partial charge is 0.218 e. The van der Waals surface area contributed by atoms with E-state index in [0.717, 1.165) is 11.1 Å². The van der Waals surface area contributed by atoms with Crippen molar-refractivity contribution < 1.29 is 32.7 Å². The fourth-order valence-corrected chi connectivity index (χ4v) is 4.63. The van der Waals surface area contributed by atoms with Crippen molar-refractivity contribution in [2.24, 2.45) is 0 Å². The van der Waals surface area contributed by atoms with E-state index < -0.39 is 0 Å². The van der Waals surface area contributed by atoms with Gasteiger partial charge in [-0.2, -0.15) is 24.3 Å². The van der Waals surface area contributed by atoms with E-state index in [-0.39, 0.29) is 32.7 Å². The maximum absolute atomic E-state index is 3.59. The fraction of sp³-hybridized carbons (Fsp3) is 0.0667. The average Bonchev–Trinajstić information content (AvgIpc) is 2.78. The Hall–Kier alpha value is -2.54. The van der Waals surface area contributed by atoms with Gasteiger partial charge in [0.2, 0.25) is 0 Å². The molecule has 6 aromatic carbocycles. The molecule has 0 fully saturated rings. The minimum Gasteiger partial charge on any atom is -0.218 e. The van der Waals surface area contributed by atoms with Crippen molar-refractivity contribution in [3.05, 3.63) is 108 Å². The van der Waals surface area contributed by atoms with Crippen molar-refractivity contribution in [3.8, 4) is 11.1 Å². The van der Waals surface area contributed by atoms with E-state index in [1.807, 2.05) is 0 Å². The van der Waals surface area contributed by atoms with Crippen LogP contribution in [0.5, 0.6) is 0 Å². The summed E-state index contributed by atoms with van der Waals surface area (Å²) in [5.74, 6) is 0. The third-order valence-corrected chi connectivity index (χ3v) is 6.28. The van der Waals surface area contributed by atoms with Crippen LogP contribution >= 0.6 is 0 Å². The van der Waals surface area contributed by atoms with Crippen LogP contribution in [0, 0.1) is 26.0 Å². The minimum atomic E-state index is 0. The molecule has 6 aromatic rings. The zero-order valence-corrected chi connectivity index (χ0v) is 20.5. The number of hydrogen-bond acceptors (Lipinski definition) is 0. The first kappa shape index (κ1) is 20.4. The first-order valence-electron chi connectivity index (χ1n) is 10.4. The predicted molar refractivity (Wildman–Crippen MR) is 129 cm³/mol. The van der Waals surface area contributed by atoms with Crippen LogP contribution in [0.1, 0.15) is 11.1 Å². The van der Waals surface area contributed by atoms with E-state index in [1.165, 1.54) is 54.2 Å². The summed E-state index contributed by atoms with van der Waals surface area (Å²) in [6.07, 6.45) is 0. The quantitative estimate of drug-likeness (QED) is 0.168. The van der Waals surface area contributed by atoms with Crippen molar-refractivity contribution >= 4 is 43.1 Å². The van der Waals surface area contributed by atoms with Crippen LogP contribution in [0.15, 0.2) is 84.9 Å². The van der Waals surface area contributed by atoms with Crippen molar-refractivity contribution in [1.82, 2.24) is 0 Å². The number of aryl methyl sites for hydroxylation is 2. The molecule has 0 nitrogen and oxygen atoms in total. The molecule has 0 saturated heterocycles. The van der Waals surface area contributed by atoms with Crippen molar-refractivity contribution in [2.45, 2.75) is 13.8 Å². The number of fused-ring (bicyclic) bond motifs is 4. The SMILES string of the molecule is Cc1c[c-]c(-c2[c-]cc(C)c3cc4ccccc4cc23)c2cc3ccccc3cc12.[Y]. The van der Waals surface area contributed by atoms with Crippen LogP contribution in [-0.4, -0.2) is 0 Å². The van der Waals surface area contributed by atoms with Gasteiger partial charge in [-0.05, 0) is 21.5 Å². The van der Waals surface area contributed by atoms with Gasteiger partial charge >= 0.3 is 0 Å². The Kier molecular flexibility index (Phi) is 5.17. The maximum atomic E-state index is 3.59. The normalized spacial score (nSPS) is 11.3. The summed E-state index contributed by atoms with van der Waals surface area (Å²) in [6, 6.07) is 37.8. The van der Waals surface area contributed by atoms with E-state index >= 15 is 0 Å². The summed E-state index contributed by atoms with van der Waals surface area (Å²) in [4.78, 5) is 0. The molecule has 0 aliphatic heterocycles. The molecule has 0 spiro atoms. The first-order chi connectivity index (χ1) is 14.7. The van der Waals surface area contributed by atoms with Crippen LogP contribution < -0.4 is 0 Å². The van der Waals surface area contributed by atoms with Crippen LogP contribution in [-0.2, 0) is 32.7 Å². The number of rotatable bonds is 1. The molecule has 0 atom stereocenters. The Bertz CT molecular complexity index is 1490. The monoisotopic (exact) mass is 469 g/mol. The van der Waals surface area contributed by atoms with Gasteiger partial charge in [-0.3, -0.25) is 0 Å². The van der Waals surface area contributed by atoms with E-state index in [4.69, 9.17) is 0 Å². The molecule has 1 radical (unpaired) electrons. The van der Waals surface area contributed by atoms with Crippen molar-refractivity contribution in [3.63, 3.8) is 0 Å². The molecule has 31 heavy (non-hydrogen) atoms. The van der Waals surface area contributed by atoms with E-state index in [2.05, 4.69) is 111 Å². The van der Waals surface area contributed by atoms with Gasteiger partial charge in [0.25, 0.3) is 0 Å². The molecule has 145 valence electrons. The molecule has 0 aliphatic carbocycles. The maximum Gasteiger partial charge on any atom is 0 e. The van der Waals surface area contributed by atoms with Crippen molar-refractivity contribution in [2.75, 3.05) is 0 Å². The van der Waals surface area contributed by atoms with Gasteiger partial charge in [0.05, 0.1) is 0 Å². The van der Waals surface area contributed by atoms with Gasteiger partial charge in [0.1, 0.15) is 0 Å². The Labute approximate surface area is 207 Å². The van der Waals surface area contributed by atoms with Gasteiger partial charge in [0, 0.05) is 32.7 Å². The van der Waals surface area contributed by atoms with Gasteiger partial charge in [-0.1, -0.05) is 86.6 Å². The second-order valence-electron chi connectivity index (χ2n) is 8.18. The minimum absolute atomic E-state index is 0. The summed E-state index contributed by atoms with van der Waals surface area (Å²) >= 11 is 0. The summed E-state index contributed by atoms with van der Waals surface area (Å²) in [5, 5.41) is 10.1. The molecule has 0 saturated carbocycles. The standard InChI is InChI=1S/C30H20.Y/c1-19-11-13-25(29-17-23-9-5-3-7-21(23)15-27(19)29)26-14-12-20(2)28-16-22-8-4-6-10-24(22)18-30(26)28;/h3-12,15-18H,1-2H3;/q-2;. The molecular formula is C30H20Y-2. The summed E-state index contributed by atoms with van der Waals surface area (Å²) in [6.45, 7) is 4.34. The molecular weight excluding hydrogens is 449 g/mol. The third-order valence-electron chi connectivity index (χ3n) is 6.28. The second kappa shape index (κ2) is 7.86. The molecule has 0 amide bonds. The van der Waals surface area contributed by atoms with E-state index in [1.54, 1.807) is 0 Å². The summed E-state index contributed by atoms with van der Waals surface area (Å²) < 4.78 is 0. The Morgan fingerprint density at radius 3 is 1.16 bits per heavy atom. The molecule has 0 N–H and O–H groups in total. The van der Waals surface area contributed by atoms with Gasteiger partial charge in [-0.15, -0.1) is 32.7 Å². The molecule has 0 aromatic heterocycles. The number of benzene rings is 6. The molecule has 6 rings (SSSR count). The molecule has 0 unspecified atom stereocenters. The van der Waals surface area contributed by atoms with E-state index in [0.29, 0.717) is 0 Å². The van der Waals surface area contributed by atoms with Crippen LogP contribution in [0.25, 0.3) is 54.2 Å². The zero-order chi connectivity index (χ0) is 20.2. The van der Waals surface area contributed by atoms with Crippen LogP contribution in [0.2, 0.25) is 0 Å². The number of hydrogen-bond donors (Lipinski definition) is 0. The van der Waals surface area contributed by atoms with Gasteiger partial charge < -0.3 is 0 Å². The Balaban J connectivity index is 0.00000204. The molecule has 1 heteroatoms. The summed E-state index contributed by atoms with van der Waals surface area (Å²) in [7, 11) is 0. The van der Waals surface area contributed by atoms with E-state index in [9.17, 15) is 0 Å². The van der Waals surface area contributed by atoms with Gasteiger partial charge in [0.15, 0.2) is 0 Å². The van der Waals surface area contributed by atoms with Crippen LogP contribution in [0.3, 0.4) is 0 Å². The Morgan fingerprint density at radius 2 is 0.806 bits per heavy atom. The third kappa shape index (κ3) is 3.30. The predicted octanol–water partition coefficient (Wildman–Crippen LogP) is 8.18. The van der Waals surface area contributed by atoms with Gasteiger partial charge in [-0.25, -0.2) is 11.1 Å². The molecule has 0 heterocycles. The summed E-state index contributed by atoms with van der Waals surface area (Å²) in [5.41, 5.74) is 4.76. The zero-order valence-electron chi connectivity index (χ0n) is 17.7. The molecule has 0 bridgehead atoms. The second-order valence-corrected chi connectivity index (χ2v) is 8.18. The van der Waals surface area contributed by atoms with Crippen LogP contribution in [0.4, 0.5) is 0 Å². The first-order valence-corrected chi connectivity index (χ1v) is 10.4. The topological polar surface area (TPSA) is 0 Å². The fourth-order valence-electron chi connectivity index (χ4n) is 4.63. The smallest absolute Gasteiger partial charge is 0 e. The van der Waals surface area contributed by atoms with Crippen molar-refractivity contribution in [1.29, 1.82) is 0 Å². The Morgan fingerprint density at radius 1 is 0.484 bits per heavy atom. The average molecular weight is 469 g/mol.